The average molecular weight is 511 g/mol. The molecule has 10 heteroatoms. The highest BCUT2D eigenvalue weighted by Crippen LogP contribution is 2.32. The molecule has 180 valence electrons. The van der Waals surface area contributed by atoms with Gasteiger partial charge in [-0.3, -0.25) is 0 Å². The Balaban J connectivity index is 3.36. The summed E-state index contributed by atoms with van der Waals surface area (Å²) in [5, 5.41) is 0. The summed E-state index contributed by atoms with van der Waals surface area (Å²) in [5.74, 6) is 0. The molecule has 1 aliphatic heterocycles. The third kappa shape index (κ3) is 8.67. The van der Waals surface area contributed by atoms with Crippen molar-refractivity contribution >= 4 is 46.4 Å². The van der Waals surface area contributed by atoms with Crippen LogP contribution in [-0.4, -0.2) is 46.4 Å². The fraction of sp³-hybridized carbons (Fsp3) is 1.00. The van der Waals surface area contributed by atoms with E-state index in [1.165, 1.54) is 0 Å². The third-order valence-electron chi connectivity index (χ3n) is 6.88. The maximum Gasteiger partial charge on any atom is 0.306 e. The summed E-state index contributed by atoms with van der Waals surface area (Å²) >= 11 is 0. The Bertz CT molecular complexity index is 360. The molecule has 0 amide bonds. The molecule has 1 aliphatic rings. The molecule has 0 aromatic heterocycles. The lowest BCUT2D eigenvalue weighted by molar-refractivity contribution is 0.255. The van der Waals surface area contributed by atoms with E-state index < -0.39 is 46.4 Å². The van der Waals surface area contributed by atoms with E-state index in [0.717, 1.165) is 32.1 Å². The van der Waals surface area contributed by atoms with E-state index in [2.05, 4.69) is 69.2 Å². The van der Waals surface area contributed by atoms with Crippen molar-refractivity contribution in [2.75, 3.05) is 0 Å². The molecule has 0 saturated carbocycles. The lowest BCUT2D eigenvalue weighted by atomic mass is 10.4. The van der Waals surface area contributed by atoms with Crippen molar-refractivity contribution in [3.05, 3.63) is 0 Å². The Morgan fingerprint density at radius 3 is 0.600 bits per heavy atom. The molecule has 1 rings (SSSR count). The second-order valence-electron chi connectivity index (χ2n) is 9.45. The van der Waals surface area contributed by atoms with Gasteiger partial charge in [-0.1, -0.05) is 101 Å². The quantitative estimate of drug-likeness (QED) is 0.379. The van der Waals surface area contributed by atoms with Gasteiger partial charge < -0.3 is 20.6 Å². The zero-order chi connectivity index (χ0) is 22.8. The van der Waals surface area contributed by atoms with Crippen LogP contribution in [0.15, 0.2) is 0 Å². The van der Waals surface area contributed by atoms with Crippen molar-refractivity contribution < 1.29 is 20.6 Å². The maximum atomic E-state index is 6.86. The van der Waals surface area contributed by atoms with Crippen LogP contribution in [-0.2, 0) is 20.6 Å². The molecule has 30 heavy (non-hydrogen) atoms. The molecule has 1 heterocycles. The molecular weight excluding hydrogens is 461 g/mol. The lowest BCUT2D eigenvalue weighted by Gasteiger charge is -2.40. The number of hydrogen-bond acceptors (Lipinski definition) is 5. The Morgan fingerprint density at radius 2 is 0.500 bits per heavy atom. The van der Waals surface area contributed by atoms with Gasteiger partial charge in [0.15, 0.2) is 0 Å². The molecule has 0 N–H and O–H groups in total. The van der Waals surface area contributed by atoms with Crippen LogP contribution in [0.3, 0.4) is 0 Å². The zero-order valence-electron chi connectivity index (χ0n) is 21.4. The van der Waals surface area contributed by atoms with Crippen molar-refractivity contribution in [2.24, 2.45) is 0 Å². The van der Waals surface area contributed by atoms with Gasteiger partial charge >= 0.3 is 46.4 Å². The predicted octanol–water partition coefficient (Wildman–Crippen LogP) is 5.19. The SMILES string of the molecule is CCC(C)[SiH]1O[SiH](C(C)CC)O[SiH](C(C)CC)O[SiH](C(C)CC)O[SiH](C(C)CC)O1. The first-order valence-corrected chi connectivity index (χ1v) is 20.5. The molecule has 0 spiro atoms. The first-order valence-electron chi connectivity index (χ1n) is 12.5. The molecular formula is C20H50O5Si5. The van der Waals surface area contributed by atoms with Crippen LogP contribution in [0.4, 0.5) is 0 Å². The smallest absolute Gasteiger partial charge is 0.306 e. The van der Waals surface area contributed by atoms with E-state index in [1.54, 1.807) is 0 Å². The summed E-state index contributed by atoms with van der Waals surface area (Å²) in [6, 6.07) is 0. The zero-order valence-corrected chi connectivity index (χ0v) is 27.1. The standard InChI is InChI=1S/C20H50O5Si5/c1-11-16(6)26-21-27(17(7)12-2)23-29(19(9)14-4)25-30(20(10)15-5)24-28(22-26)18(8)13-3/h16-20,26-30H,11-15H2,1-10H3. The van der Waals surface area contributed by atoms with Gasteiger partial charge in [0.05, 0.1) is 0 Å². The summed E-state index contributed by atoms with van der Waals surface area (Å²) < 4.78 is 34.3. The highest BCUT2D eigenvalue weighted by atomic mass is 28.5. The van der Waals surface area contributed by atoms with Crippen LogP contribution >= 0.6 is 0 Å². The Hall–Kier alpha value is 0.884. The van der Waals surface area contributed by atoms with E-state index in [1.807, 2.05) is 0 Å². The largest absolute Gasteiger partial charge is 0.420 e. The molecule has 1 fully saturated rings. The monoisotopic (exact) mass is 510 g/mol. The van der Waals surface area contributed by atoms with Gasteiger partial charge in [0.2, 0.25) is 0 Å². The average Bonchev–Trinajstić information content (AvgIpc) is 2.77. The van der Waals surface area contributed by atoms with Crippen molar-refractivity contribution in [3.63, 3.8) is 0 Å². The van der Waals surface area contributed by atoms with Gasteiger partial charge in [-0.05, 0) is 27.7 Å². The minimum Gasteiger partial charge on any atom is -0.420 e. The van der Waals surface area contributed by atoms with Crippen LogP contribution < -0.4 is 0 Å². The van der Waals surface area contributed by atoms with Crippen LogP contribution in [0.5, 0.6) is 0 Å². The van der Waals surface area contributed by atoms with Gasteiger partial charge in [-0.15, -0.1) is 0 Å². The normalized spacial score (nSPS) is 34.0. The number of rotatable bonds is 10. The lowest BCUT2D eigenvalue weighted by Crippen LogP contribution is -2.52. The first kappa shape index (κ1) is 28.9. The van der Waals surface area contributed by atoms with Crippen LogP contribution in [0, 0.1) is 0 Å². The molecule has 0 aromatic carbocycles. The maximum absolute atomic E-state index is 6.86. The summed E-state index contributed by atoms with van der Waals surface area (Å²) in [5.41, 5.74) is 2.38. The topological polar surface area (TPSA) is 46.2 Å². The van der Waals surface area contributed by atoms with Gasteiger partial charge in [-0.2, -0.15) is 0 Å². The van der Waals surface area contributed by atoms with Crippen molar-refractivity contribution in [3.8, 4) is 0 Å². The van der Waals surface area contributed by atoms with Gasteiger partial charge in [0, 0.05) is 0 Å². The summed E-state index contributed by atoms with van der Waals surface area (Å²) in [6.45, 7) is 22.8. The number of hydrogen-bond donors (Lipinski definition) is 0. The van der Waals surface area contributed by atoms with E-state index in [4.69, 9.17) is 20.6 Å². The van der Waals surface area contributed by atoms with Crippen molar-refractivity contribution in [1.82, 2.24) is 0 Å². The molecule has 1 saturated heterocycles. The molecule has 0 bridgehead atoms. The second kappa shape index (κ2) is 14.9. The fourth-order valence-corrected chi connectivity index (χ4v) is 25.2. The molecule has 5 atom stereocenters. The molecule has 5 nitrogen and oxygen atoms in total. The van der Waals surface area contributed by atoms with E-state index >= 15 is 0 Å². The van der Waals surface area contributed by atoms with Crippen LogP contribution in [0.1, 0.15) is 101 Å². The summed E-state index contributed by atoms with van der Waals surface area (Å²) in [7, 11) is -9.36. The van der Waals surface area contributed by atoms with Gasteiger partial charge in [0.1, 0.15) is 0 Å². The molecule has 0 aliphatic carbocycles. The Morgan fingerprint density at radius 1 is 0.367 bits per heavy atom. The Kier molecular flexibility index (Phi) is 14.4. The highest BCUT2D eigenvalue weighted by molar-refractivity contribution is 6.75. The minimum absolute atomic E-state index is 0.475. The van der Waals surface area contributed by atoms with E-state index in [9.17, 15) is 0 Å². The van der Waals surface area contributed by atoms with Crippen LogP contribution in [0.2, 0.25) is 27.7 Å². The molecule has 5 unspecified atom stereocenters. The van der Waals surface area contributed by atoms with E-state index in [-0.39, 0.29) is 0 Å². The van der Waals surface area contributed by atoms with Gasteiger partial charge in [-0.25, -0.2) is 0 Å². The Labute approximate surface area is 195 Å². The molecule has 0 aromatic rings. The van der Waals surface area contributed by atoms with Gasteiger partial charge in [0.25, 0.3) is 0 Å². The van der Waals surface area contributed by atoms with E-state index in [0.29, 0.717) is 27.7 Å². The third-order valence-corrected chi connectivity index (χ3v) is 24.6. The minimum atomic E-state index is -1.87. The van der Waals surface area contributed by atoms with Crippen LogP contribution in [0.25, 0.3) is 0 Å². The van der Waals surface area contributed by atoms with Crippen molar-refractivity contribution in [2.45, 2.75) is 129 Å². The summed E-state index contributed by atoms with van der Waals surface area (Å²) in [4.78, 5) is 0. The predicted molar refractivity (Wildman–Crippen MR) is 140 cm³/mol. The first-order chi connectivity index (χ1) is 14.2. The fourth-order valence-electron chi connectivity index (χ4n) is 3.12. The van der Waals surface area contributed by atoms with Crippen molar-refractivity contribution in [1.29, 1.82) is 0 Å². The molecule has 0 radical (unpaired) electrons. The highest BCUT2D eigenvalue weighted by Gasteiger charge is 2.41. The second-order valence-corrected chi connectivity index (χ2v) is 24.3. The summed E-state index contributed by atoms with van der Waals surface area (Å²) in [6.07, 6.45) is 5.46.